The molecule has 2 rings (SSSR count). The van der Waals surface area contributed by atoms with Crippen molar-refractivity contribution in [2.24, 2.45) is 11.0 Å². The number of aryl methyl sites for hydroxylation is 1. The molecule has 1 amide bonds. The molecule has 1 fully saturated rings. The number of hydrogen-bond acceptors (Lipinski definition) is 3. The van der Waals surface area contributed by atoms with Crippen LogP contribution in [0.4, 0.5) is 0 Å². The molecule has 0 aliphatic heterocycles. The Bertz CT molecular complexity index is 510. The van der Waals surface area contributed by atoms with Crippen LogP contribution in [0.5, 0.6) is 5.75 Å². The van der Waals surface area contributed by atoms with E-state index in [0.717, 1.165) is 15.7 Å². The number of rotatable bonds is 5. The molecule has 0 aromatic heterocycles. The van der Waals surface area contributed by atoms with Crippen LogP contribution in [0.1, 0.15) is 25.3 Å². The van der Waals surface area contributed by atoms with E-state index in [1.165, 1.54) is 12.8 Å². The van der Waals surface area contributed by atoms with Crippen molar-refractivity contribution in [3.63, 3.8) is 0 Å². The van der Waals surface area contributed by atoms with Gasteiger partial charge in [-0.05, 0) is 56.4 Å². The first-order valence-electron chi connectivity index (χ1n) is 6.28. The first-order valence-corrected chi connectivity index (χ1v) is 7.07. The van der Waals surface area contributed by atoms with E-state index in [1.807, 2.05) is 32.0 Å². The zero-order valence-electron chi connectivity index (χ0n) is 11.1. The molecule has 0 radical (unpaired) electrons. The van der Waals surface area contributed by atoms with Gasteiger partial charge in [0.15, 0.2) is 6.61 Å². The minimum Gasteiger partial charge on any atom is -0.484 e. The third kappa shape index (κ3) is 4.35. The van der Waals surface area contributed by atoms with Gasteiger partial charge >= 0.3 is 0 Å². The number of halogens is 1. The van der Waals surface area contributed by atoms with Gasteiger partial charge < -0.3 is 4.74 Å². The molecular weight excluding hydrogens is 308 g/mol. The molecular formula is C14H17BrN2O2. The fourth-order valence-corrected chi connectivity index (χ4v) is 1.88. The molecule has 4 nitrogen and oxygen atoms in total. The van der Waals surface area contributed by atoms with E-state index in [1.54, 1.807) is 0 Å². The lowest BCUT2D eigenvalue weighted by Gasteiger charge is -2.07. The van der Waals surface area contributed by atoms with Gasteiger partial charge in [-0.15, -0.1) is 0 Å². The van der Waals surface area contributed by atoms with Crippen molar-refractivity contribution in [3.8, 4) is 5.75 Å². The SMILES string of the molecule is C/C(=N\NC(=O)COc1ccc(Br)c(C)c1)C1CC1. The summed E-state index contributed by atoms with van der Waals surface area (Å²) in [4.78, 5) is 11.6. The molecule has 1 aromatic rings. The number of carbonyl (C=O) groups excluding carboxylic acids is 1. The van der Waals surface area contributed by atoms with E-state index in [-0.39, 0.29) is 12.5 Å². The Morgan fingerprint density at radius 3 is 2.89 bits per heavy atom. The van der Waals surface area contributed by atoms with Gasteiger partial charge in [0.25, 0.3) is 5.91 Å². The molecule has 1 aromatic carbocycles. The van der Waals surface area contributed by atoms with Gasteiger partial charge in [0, 0.05) is 10.2 Å². The molecule has 0 heterocycles. The fraction of sp³-hybridized carbons (Fsp3) is 0.429. The van der Waals surface area contributed by atoms with E-state index in [0.29, 0.717) is 11.7 Å². The topological polar surface area (TPSA) is 50.7 Å². The van der Waals surface area contributed by atoms with Gasteiger partial charge in [0.1, 0.15) is 5.75 Å². The molecule has 0 spiro atoms. The molecule has 1 saturated carbocycles. The molecule has 1 aliphatic carbocycles. The first kappa shape index (κ1) is 14.1. The maximum Gasteiger partial charge on any atom is 0.277 e. The van der Waals surface area contributed by atoms with Crippen molar-refractivity contribution in [2.75, 3.05) is 6.61 Å². The summed E-state index contributed by atoms with van der Waals surface area (Å²) in [5.74, 6) is 1.01. The molecule has 0 atom stereocenters. The summed E-state index contributed by atoms with van der Waals surface area (Å²) in [5, 5.41) is 4.06. The Labute approximate surface area is 121 Å². The first-order chi connectivity index (χ1) is 9.06. The summed E-state index contributed by atoms with van der Waals surface area (Å²) in [7, 11) is 0. The summed E-state index contributed by atoms with van der Waals surface area (Å²) in [6.45, 7) is 3.89. The Hall–Kier alpha value is -1.36. The van der Waals surface area contributed by atoms with E-state index in [9.17, 15) is 4.79 Å². The quantitative estimate of drug-likeness (QED) is 0.668. The molecule has 19 heavy (non-hydrogen) atoms. The second-order valence-electron chi connectivity index (χ2n) is 4.76. The molecule has 102 valence electrons. The highest BCUT2D eigenvalue weighted by molar-refractivity contribution is 9.10. The number of hydrogen-bond donors (Lipinski definition) is 1. The number of hydrazone groups is 1. The van der Waals surface area contributed by atoms with Gasteiger partial charge in [-0.2, -0.15) is 5.10 Å². The Morgan fingerprint density at radius 2 is 2.26 bits per heavy atom. The van der Waals surface area contributed by atoms with E-state index in [4.69, 9.17) is 4.74 Å². The molecule has 1 N–H and O–H groups in total. The fourth-order valence-electron chi connectivity index (χ4n) is 1.63. The predicted molar refractivity (Wildman–Crippen MR) is 78.3 cm³/mol. The summed E-state index contributed by atoms with van der Waals surface area (Å²) in [6.07, 6.45) is 2.36. The van der Waals surface area contributed by atoms with E-state index < -0.39 is 0 Å². The van der Waals surface area contributed by atoms with Crippen molar-refractivity contribution >= 4 is 27.5 Å². The molecule has 0 saturated heterocycles. The van der Waals surface area contributed by atoms with Crippen LogP contribution in [-0.4, -0.2) is 18.2 Å². The van der Waals surface area contributed by atoms with Gasteiger partial charge in [-0.25, -0.2) is 5.43 Å². The van der Waals surface area contributed by atoms with Gasteiger partial charge in [0.2, 0.25) is 0 Å². The summed E-state index contributed by atoms with van der Waals surface area (Å²) in [5.41, 5.74) is 4.58. The van der Waals surface area contributed by atoms with Crippen LogP contribution < -0.4 is 10.2 Å². The Morgan fingerprint density at radius 1 is 1.53 bits per heavy atom. The highest BCUT2D eigenvalue weighted by atomic mass is 79.9. The lowest BCUT2D eigenvalue weighted by atomic mass is 10.2. The normalized spacial score (nSPS) is 15.2. The summed E-state index contributed by atoms with van der Waals surface area (Å²) < 4.78 is 6.43. The minimum absolute atomic E-state index is 0.0253. The average molecular weight is 325 g/mol. The number of benzene rings is 1. The van der Waals surface area contributed by atoms with Crippen LogP contribution in [0.15, 0.2) is 27.8 Å². The number of nitrogens with one attached hydrogen (secondary N) is 1. The van der Waals surface area contributed by atoms with E-state index >= 15 is 0 Å². The highest BCUT2D eigenvalue weighted by Gasteiger charge is 2.24. The summed E-state index contributed by atoms with van der Waals surface area (Å²) >= 11 is 3.42. The summed E-state index contributed by atoms with van der Waals surface area (Å²) in [6, 6.07) is 5.61. The Balaban J connectivity index is 1.79. The average Bonchev–Trinajstić information content (AvgIpc) is 3.21. The lowest BCUT2D eigenvalue weighted by Crippen LogP contribution is -2.25. The maximum absolute atomic E-state index is 11.6. The van der Waals surface area contributed by atoms with Crippen LogP contribution >= 0.6 is 15.9 Å². The molecule has 0 unspecified atom stereocenters. The van der Waals surface area contributed by atoms with Crippen molar-refractivity contribution in [3.05, 3.63) is 28.2 Å². The Kier molecular flexibility index (Phi) is 4.58. The van der Waals surface area contributed by atoms with Crippen molar-refractivity contribution in [2.45, 2.75) is 26.7 Å². The molecule has 0 bridgehead atoms. The van der Waals surface area contributed by atoms with Gasteiger partial charge in [-0.3, -0.25) is 4.79 Å². The minimum atomic E-state index is -0.236. The zero-order chi connectivity index (χ0) is 13.8. The predicted octanol–water partition coefficient (Wildman–Crippen LogP) is 3.04. The van der Waals surface area contributed by atoms with Crippen LogP contribution in [0.3, 0.4) is 0 Å². The highest BCUT2D eigenvalue weighted by Crippen LogP contribution is 2.30. The van der Waals surface area contributed by atoms with Crippen molar-refractivity contribution in [1.29, 1.82) is 0 Å². The number of ether oxygens (including phenoxy) is 1. The van der Waals surface area contributed by atoms with E-state index in [2.05, 4.69) is 26.5 Å². The van der Waals surface area contributed by atoms with Crippen molar-refractivity contribution in [1.82, 2.24) is 5.43 Å². The van der Waals surface area contributed by atoms with Gasteiger partial charge in [-0.1, -0.05) is 15.9 Å². The van der Waals surface area contributed by atoms with Crippen LogP contribution in [0.2, 0.25) is 0 Å². The monoisotopic (exact) mass is 324 g/mol. The smallest absolute Gasteiger partial charge is 0.277 e. The largest absolute Gasteiger partial charge is 0.484 e. The molecule has 5 heteroatoms. The number of amides is 1. The lowest BCUT2D eigenvalue weighted by molar-refractivity contribution is -0.123. The second kappa shape index (κ2) is 6.19. The van der Waals surface area contributed by atoms with Gasteiger partial charge in [0.05, 0.1) is 0 Å². The third-order valence-corrected chi connectivity index (χ3v) is 3.91. The molecule has 1 aliphatic rings. The second-order valence-corrected chi connectivity index (χ2v) is 5.62. The van der Waals surface area contributed by atoms with Crippen LogP contribution in [0.25, 0.3) is 0 Å². The number of carbonyl (C=O) groups is 1. The maximum atomic E-state index is 11.6. The van der Waals surface area contributed by atoms with Crippen LogP contribution in [-0.2, 0) is 4.79 Å². The zero-order valence-corrected chi connectivity index (χ0v) is 12.7. The van der Waals surface area contributed by atoms with Crippen molar-refractivity contribution < 1.29 is 9.53 Å². The standard InChI is InChI=1S/C14H17BrN2O2/c1-9-7-12(5-6-13(9)15)19-8-14(18)17-16-10(2)11-3-4-11/h5-7,11H,3-4,8H2,1-2H3,(H,17,18)/b16-10+. The third-order valence-electron chi connectivity index (χ3n) is 3.02. The van der Waals surface area contributed by atoms with Crippen LogP contribution in [0, 0.1) is 12.8 Å². The number of nitrogens with zero attached hydrogens (tertiary/aromatic N) is 1.